The molecule has 1 heterocycles. The maximum absolute atomic E-state index is 5.99. The van der Waals surface area contributed by atoms with Gasteiger partial charge in [-0.2, -0.15) is 0 Å². The van der Waals surface area contributed by atoms with Crippen LogP contribution in [0.4, 0.5) is 0 Å². The summed E-state index contributed by atoms with van der Waals surface area (Å²) in [6.45, 7) is 1.75. The molecule has 22 heavy (non-hydrogen) atoms. The molecule has 0 bridgehead atoms. The summed E-state index contributed by atoms with van der Waals surface area (Å²) in [5.41, 5.74) is 3.78. The lowest BCUT2D eigenvalue weighted by molar-refractivity contribution is 0.353. The predicted molar refractivity (Wildman–Crippen MR) is 91.8 cm³/mol. The van der Waals surface area contributed by atoms with Crippen LogP contribution in [-0.2, 0) is 6.54 Å². The minimum atomic E-state index is 0. The monoisotopic (exact) mass is 339 g/mol. The number of halogens is 2. The van der Waals surface area contributed by atoms with E-state index in [2.05, 4.69) is 29.6 Å². The van der Waals surface area contributed by atoms with Gasteiger partial charge in [-0.15, -0.1) is 12.4 Å². The number of fused-ring (bicyclic) bond motifs is 1. The van der Waals surface area contributed by atoms with Crippen LogP contribution in [-0.4, -0.2) is 20.8 Å². The van der Waals surface area contributed by atoms with Crippen molar-refractivity contribution >= 4 is 24.0 Å². The van der Waals surface area contributed by atoms with Gasteiger partial charge in [0.25, 0.3) is 0 Å². The fraction of sp³-hybridized carbons (Fsp3) is 0.294. The molecule has 0 spiro atoms. The first-order valence-corrected chi connectivity index (χ1v) is 7.31. The van der Waals surface area contributed by atoms with Crippen molar-refractivity contribution in [3.63, 3.8) is 0 Å². The third-order valence-electron chi connectivity index (χ3n) is 3.96. The van der Waals surface area contributed by atoms with Crippen molar-refractivity contribution in [2.24, 2.45) is 0 Å². The fourth-order valence-electron chi connectivity index (χ4n) is 2.87. The van der Waals surface area contributed by atoms with E-state index in [4.69, 9.17) is 21.1 Å². The fourth-order valence-corrected chi connectivity index (χ4v) is 2.99. The molecule has 0 saturated heterocycles. The number of hydrogen-bond donors (Lipinski definition) is 1. The molecular weight excluding hydrogens is 321 g/mol. The Balaban J connectivity index is 0.00000176. The first kappa shape index (κ1) is 16.9. The molecule has 1 N–H and O–H groups in total. The van der Waals surface area contributed by atoms with Gasteiger partial charge in [-0.3, -0.25) is 0 Å². The van der Waals surface area contributed by atoms with Gasteiger partial charge >= 0.3 is 0 Å². The average Bonchev–Trinajstić information content (AvgIpc) is 2.53. The summed E-state index contributed by atoms with van der Waals surface area (Å²) in [7, 11) is 3.33. The molecule has 2 aromatic rings. The predicted octanol–water partition coefficient (Wildman–Crippen LogP) is 4.01. The van der Waals surface area contributed by atoms with Crippen LogP contribution in [0.1, 0.15) is 22.6 Å². The molecule has 1 aliphatic heterocycles. The summed E-state index contributed by atoms with van der Waals surface area (Å²) in [6, 6.07) is 12.2. The van der Waals surface area contributed by atoms with Gasteiger partial charge in [0.2, 0.25) is 0 Å². The molecule has 0 amide bonds. The lowest BCUT2D eigenvalue weighted by atomic mass is 9.85. The molecule has 3 nitrogen and oxygen atoms in total. The Morgan fingerprint density at radius 2 is 1.68 bits per heavy atom. The van der Waals surface area contributed by atoms with E-state index in [1.54, 1.807) is 14.2 Å². The quantitative estimate of drug-likeness (QED) is 0.916. The first-order valence-electron chi connectivity index (χ1n) is 6.94. The topological polar surface area (TPSA) is 30.5 Å². The molecule has 5 heteroatoms. The van der Waals surface area contributed by atoms with Crippen molar-refractivity contribution in [1.29, 1.82) is 0 Å². The van der Waals surface area contributed by atoms with Gasteiger partial charge in [-0.1, -0.05) is 23.7 Å². The van der Waals surface area contributed by atoms with Crippen molar-refractivity contribution in [2.75, 3.05) is 20.8 Å². The lowest BCUT2D eigenvalue weighted by Crippen LogP contribution is -2.28. The summed E-state index contributed by atoms with van der Waals surface area (Å²) >= 11 is 5.99. The maximum atomic E-state index is 5.99. The van der Waals surface area contributed by atoms with E-state index in [9.17, 15) is 0 Å². The number of ether oxygens (including phenoxy) is 2. The molecule has 0 fully saturated rings. The highest BCUT2D eigenvalue weighted by atomic mass is 35.5. The largest absolute Gasteiger partial charge is 0.493 e. The molecule has 2 aromatic carbocycles. The number of hydrogen-bond acceptors (Lipinski definition) is 3. The highest BCUT2D eigenvalue weighted by molar-refractivity contribution is 6.30. The van der Waals surface area contributed by atoms with Gasteiger partial charge in [0.15, 0.2) is 11.5 Å². The van der Waals surface area contributed by atoms with Crippen molar-refractivity contribution in [3.05, 3.63) is 58.1 Å². The molecule has 1 aliphatic rings. The number of benzene rings is 2. The van der Waals surface area contributed by atoms with Crippen LogP contribution in [0.5, 0.6) is 11.5 Å². The van der Waals surface area contributed by atoms with Gasteiger partial charge in [0.1, 0.15) is 0 Å². The highest BCUT2D eigenvalue weighted by Gasteiger charge is 2.24. The summed E-state index contributed by atoms with van der Waals surface area (Å²) < 4.78 is 10.8. The molecule has 3 rings (SSSR count). The van der Waals surface area contributed by atoms with Crippen molar-refractivity contribution in [1.82, 2.24) is 5.32 Å². The number of nitrogens with one attached hydrogen (secondary N) is 1. The Kier molecular flexibility index (Phi) is 5.57. The zero-order valence-electron chi connectivity index (χ0n) is 12.6. The van der Waals surface area contributed by atoms with E-state index in [1.807, 2.05) is 12.1 Å². The van der Waals surface area contributed by atoms with Gasteiger partial charge in [0.05, 0.1) is 14.2 Å². The third-order valence-corrected chi connectivity index (χ3v) is 4.21. The van der Waals surface area contributed by atoms with Crippen molar-refractivity contribution in [3.8, 4) is 11.5 Å². The zero-order chi connectivity index (χ0) is 14.8. The molecule has 1 unspecified atom stereocenters. The summed E-state index contributed by atoms with van der Waals surface area (Å²) in [4.78, 5) is 0. The Labute approximate surface area is 142 Å². The Hall–Kier alpha value is -1.42. The molecule has 1 atom stereocenters. The van der Waals surface area contributed by atoms with Crippen molar-refractivity contribution in [2.45, 2.75) is 12.5 Å². The van der Waals surface area contributed by atoms with Crippen LogP contribution in [0.25, 0.3) is 0 Å². The Bertz CT molecular complexity index is 644. The Morgan fingerprint density at radius 1 is 1.05 bits per heavy atom. The minimum absolute atomic E-state index is 0. The number of rotatable bonds is 3. The number of methoxy groups -OCH3 is 2. The SMILES string of the molecule is COc1cc2c(cc1OC)C(c1ccc(Cl)cc1)CNC2.Cl. The van der Waals surface area contributed by atoms with E-state index in [-0.39, 0.29) is 12.4 Å². The molecule has 0 aromatic heterocycles. The van der Waals surface area contributed by atoms with Crippen LogP contribution in [0.2, 0.25) is 5.02 Å². The second kappa shape index (κ2) is 7.23. The second-order valence-electron chi connectivity index (χ2n) is 5.14. The second-order valence-corrected chi connectivity index (χ2v) is 5.58. The van der Waals surface area contributed by atoms with Crippen LogP contribution in [0.15, 0.2) is 36.4 Å². The molecule has 0 saturated carbocycles. The van der Waals surface area contributed by atoms with Gasteiger partial charge in [-0.25, -0.2) is 0 Å². The maximum Gasteiger partial charge on any atom is 0.161 e. The smallest absolute Gasteiger partial charge is 0.161 e. The molecule has 118 valence electrons. The van der Waals surface area contributed by atoms with E-state index in [0.717, 1.165) is 29.6 Å². The van der Waals surface area contributed by atoms with Gasteiger partial charge in [-0.05, 0) is 41.0 Å². The third kappa shape index (κ3) is 3.17. The van der Waals surface area contributed by atoms with E-state index >= 15 is 0 Å². The van der Waals surface area contributed by atoms with Crippen LogP contribution < -0.4 is 14.8 Å². The summed E-state index contributed by atoms with van der Waals surface area (Å²) in [5, 5.41) is 4.22. The average molecular weight is 340 g/mol. The minimum Gasteiger partial charge on any atom is -0.493 e. The Morgan fingerprint density at radius 3 is 2.32 bits per heavy atom. The van der Waals surface area contributed by atoms with Crippen molar-refractivity contribution < 1.29 is 9.47 Å². The molecule has 0 radical (unpaired) electrons. The summed E-state index contributed by atoms with van der Waals surface area (Å²) in [6.07, 6.45) is 0. The normalized spacial score (nSPS) is 16.4. The lowest BCUT2D eigenvalue weighted by Gasteiger charge is -2.28. The first-order chi connectivity index (χ1) is 10.2. The van der Waals surface area contributed by atoms with Crippen LogP contribution >= 0.6 is 24.0 Å². The highest BCUT2D eigenvalue weighted by Crippen LogP contribution is 2.38. The van der Waals surface area contributed by atoms with E-state index in [1.165, 1.54) is 16.7 Å². The molecular formula is C17H19Cl2NO2. The van der Waals surface area contributed by atoms with Crippen LogP contribution in [0.3, 0.4) is 0 Å². The van der Waals surface area contributed by atoms with E-state index in [0.29, 0.717) is 5.92 Å². The van der Waals surface area contributed by atoms with Gasteiger partial charge < -0.3 is 14.8 Å². The zero-order valence-corrected chi connectivity index (χ0v) is 14.1. The van der Waals surface area contributed by atoms with Crippen LogP contribution in [0, 0.1) is 0 Å². The van der Waals surface area contributed by atoms with E-state index < -0.39 is 0 Å². The van der Waals surface area contributed by atoms with Gasteiger partial charge in [0, 0.05) is 24.0 Å². The standard InChI is InChI=1S/C17H18ClNO2.ClH/c1-20-16-7-12-9-19-10-15(14(12)8-17(16)21-2)11-3-5-13(18)6-4-11;/h3-8,15,19H,9-10H2,1-2H3;1H. The summed E-state index contributed by atoms with van der Waals surface area (Å²) in [5.74, 6) is 1.85. The molecule has 0 aliphatic carbocycles.